The van der Waals surface area contributed by atoms with Gasteiger partial charge in [0.05, 0.1) is 13.7 Å². The van der Waals surface area contributed by atoms with E-state index in [0.29, 0.717) is 6.42 Å². The summed E-state index contributed by atoms with van der Waals surface area (Å²) in [6, 6.07) is -0.530. The monoisotopic (exact) mass is 199 g/mol. The molecule has 2 aliphatic heterocycles. The lowest BCUT2D eigenvalue weighted by atomic mass is 10.1. The molecule has 78 valence electrons. The topological polar surface area (TPSA) is 55.8 Å². The van der Waals surface area contributed by atoms with Crippen LogP contribution in [0.2, 0.25) is 0 Å². The lowest BCUT2D eigenvalue weighted by Gasteiger charge is -2.30. The molecule has 2 saturated heterocycles. The Morgan fingerprint density at radius 3 is 3.14 bits per heavy atom. The highest BCUT2D eigenvalue weighted by molar-refractivity contribution is 5.85. The molecule has 0 saturated carbocycles. The molecule has 2 heterocycles. The van der Waals surface area contributed by atoms with E-state index in [9.17, 15) is 9.59 Å². The summed E-state index contributed by atoms with van der Waals surface area (Å²) >= 11 is 0. The van der Waals surface area contributed by atoms with Gasteiger partial charge in [-0.15, -0.1) is 0 Å². The van der Waals surface area contributed by atoms with Gasteiger partial charge in [0, 0.05) is 6.42 Å². The molecule has 14 heavy (non-hydrogen) atoms. The molecular weight excluding hydrogens is 186 g/mol. The van der Waals surface area contributed by atoms with Gasteiger partial charge in [-0.2, -0.15) is 0 Å². The average molecular weight is 199 g/mol. The Morgan fingerprint density at radius 1 is 1.64 bits per heavy atom. The van der Waals surface area contributed by atoms with Gasteiger partial charge in [0.2, 0.25) is 5.91 Å². The van der Waals surface area contributed by atoms with Crippen LogP contribution in [0.25, 0.3) is 0 Å². The molecule has 2 rings (SSSR count). The minimum Gasteiger partial charge on any atom is -0.467 e. The van der Waals surface area contributed by atoms with Crippen molar-refractivity contribution in [1.29, 1.82) is 0 Å². The molecule has 0 aromatic carbocycles. The summed E-state index contributed by atoms with van der Waals surface area (Å²) in [4.78, 5) is 24.4. The molecule has 5 heteroatoms. The Bertz CT molecular complexity index is 266. The molecule has 2 fully saturated rings. The summed E-state index contributed by atoms with van der Waals surface area (Å²) in [6.45, 7) is 0.267. The van der Waals surface area contributed by atoms with Crippen LogP contribution in [0.15, 0.2) is 0 Å². The zero-order valence-corrected chi connectivity index (χ0v) is 8.06. The number of carbonyl (C=O) groups excluding carboxylic acids is 2. The number of ether oxygens (including phenoxy) is 2. The van der Waals surface area contributed by atoms with Crippen LogP contribution < -0.4 is 0 Å². The van der Waals surface area contributed by atoms with Crippen molar-refractivity contribution in [2.24, 2.45) is 0 Å². The highest BCUT2D eigenvalue weighted by Gasteiger charge is 2.43. The normalized spacial score (nSPS) is 31.5. The number of nitrogens with zero attached hydrogens (tertiary/aromatic N) is 1. The van der Waals surface area contributed by atoms with Crippen LogP contribution in [-0.2, 0) is 19.1 Å². The van der Waals surface area contributed by atoms with E-state index in [1.807, 2.05) is 0 Å². The molecule has 0 aromatic heterocycles. The van der Waals surface area contributed by atoms with Gasteiger partial charge in [-0.25, -0.2) is 4.79 Å². The molecular formula is C9H13NO4. The Labute approximate surface area is 82.0 Å². The van der Waals surface area contributed by atoms with Crippen LogP contribution in [0.3, 0.4) is 0 Å². The summed E-state index contributed by atoms with van der Waals surface area (Å²) in [6.07, 6.45) is 1.96. The largest absolute Gasteiger partial charge is 0.467 e. The number of fused-ring (bicyclic) bond motifs is 1. The quantitative estimate of drug-likeness (QED) is 0.553. The van der Waals surface area contributed by atoms with Crippen LogP contribution in [-0.4, -0.2) is 42.8 Å². The lowest BCUT2D eigenvalue weighted by molar-refractivity contribution is -0.154. The summed E-state index contributed by atoms with van der Waals surface area (Å²) in [5, 5.41) is 0. The van der Waals surface area contributed by atoms with Gasteiger partial charge in [-0.05, 0) is 12.8 Å². The fourth-order valence-corrected chi connectivity index (χ4v) is 2.00. The molecule has 1 amide bonds. The molecule has 2 aliphatic rings. The van der Waals surface area contributed by atoms with E-state index >= 15 is 0 Å². The fraction of sp³-hybridized carbons (Fsp3) is 0.778. The lowest BCUT2D eigenvalue weighted by Crippen LogP contribution is -2.48. The number of methoxy groups -OCH3 is 1. The molecule has 0 aromatic rings. The third kappa shape index (κ3) is 1.37. The molecule has 2 atom stereocenters. The highest BCUT2D eigenvalue weighted by atomic mass is 16.5. The maximum absolute atomic E-state index is 11.5. The molecule has 0 aliphatic carbocycles. The molecule has 0 spiro atoms. The molecule has 0 bridgehead atoms. The average Bonchev–Trinajstić information content (AvgIpc) is 2.62. The van der Waals surface area contributed by atoms with Gasteiger partial charge in [0.15, 0.2) is 6.04 Å². The summed E-state index contributed by atoms with van der Waals surface area (Å²) < 4.78 is 9.99. The van der Waals surface area contributed by atoms with Gasteiger partial charge < -0.3 is 14.4 Å². The van der Waals surface area contributed by atoms with E-state index in [-0.39, 0.29) is 24.7 Å². The maximum Gasteiger partial charge on any atom is 0.331 e. The van der Waals surface area contributed by atoms with Crippen molar-refractivity contribution in [2.45, 2.75) is 31.5 Å². The second kappa shape index (κ2) is 3.57. The predicted octanol–water partition coefficient (Wildman–Crippen LogP) is -0.103. The number of hydrogen-bond acceptors (Lipinski definition) is 4. The van der Waals surface area contributed by atoms with E-state index in [4.69, 9.17) is 4.74 Å². The summed E-state index contributed by atoms with van der Waals surface area (Å²) in [7, 11) is 1.32. The van der Waals surface area contributed by atoms with Crippen molar-refractivity contribution < 1.29 is 19.1 Å². The SMILES string of the molecule is COC(=O)C1CO[C@H]2CCCC(=O)N12. The van der Waals surface area contributed by atoms with Crippen LogP contribution in [0.4, 0.5) is 0 Å². The zero-order valence-electron chi connectivity index (χ0n) is 8.06. The molecule has 0 radical (unpaired) electrons. The van der Waals surface area contributed by atoms with Gasteiger partial charge >= 0.3 is 5.97 Å². The van der Waals surface area contributed by atoms with Crippen LogP contribution >= 0.6 is 0 Å². The van der Waals surface area contributed by atoms with Gasteiger partial charge in [0.1, 0.15) is 6.23 Å². The highest BCUT2D eigenvalue weighted by Crippen LogP contribution is 2.27. The molecule has 5 nitrogen and oxygen atoms in total. The van der Waals surface area contributed by atoms with Crippen LogP contribution in [0.1, 0.15) is 19.3 Å². The number of carbonyl (C=O) groups is 2. The smallest absolute Gasteiger partial charge is 0.331 e. The first-order chi connectivity index (χ1) is 6.74. The number of amides is 1. The zero-order chi connectivity index (χ0) is 10.1. The Kier molecular flexibility index (Phi) is 2.41. The number of esters is 1. The minimum atomic E-state index is -0.530. The third-order valence-corrected chi connectivity index (χ3v) is 2.70. The molecule has 1 unspecified atom stereocenters. The van der Waals surface area contributed by atoms with E-state index in [0.717, 1.165) is 12.8 Å². The minimum absolute atomic E-state index is 0.00542. The Morgan fingerprint density at radius 2 is 2.43 bits per heavy atom. The first-order valence-corrected chi connectivity index (χ1v) is 4.74. The fourth-order valence-electron chi connectivity index (χ4n) is 2.00. The maximum atomic E-state index is 11.5. The first kappa shape index (κ1) is 9.45. The summed E-state index contributed by atoms with van der Waals surface area (Å²) in [5.41, 5.74) is 0. The van der Waals surface area contributed by atoms with E-state index in [2.05, 4.69) is 4.74 Å². The second-order valence-corrected chi connectivity index (χ2v) is 3.52. The number of hydrogen-bond donors (Lipinski definition) is 0. The van der Waals surface area contributed by atoms with Crippen molar-refractivity contribution in [2.75, 3.05) is 13.7 Å². The molecule has 0 N–H and O–H groups in total. The van der Waals surface area contributed by atoms with E-state index in [1.165, 1.54) is 12.0 Å². The van der Waals surface area contributed by atoms with Gasteiger partial charge in [-0.3, -0.25) is 4.79 Å². The predicted molar refractivity (Wildman–Crippen MR) is 46.2 cm³/mol. The first-order valence-electron chi connectivity index (χ1n) is 4.74. The van der Waals surface area contributed by atoms with Crippen LogP contribution in [0.5, 0.6) is 0 Å². The number of rotatable bonds is 1. The van der Waals surface area contributed by atoms with Gasteiger partial charge in [0.25, 0.3) is 0 Å². The van der Waals surface area contributed by atoms with Crippen molar-refractivity contribution in [3.63, 3.8) is 0 Å². The number of piperidine rings is 1. The second-order valence-electron chi connectivity index (χ2n) is 3.52. The van der Waals surface area contributed by atoms with E-state index in [1.54, 1.807) is 0 Å². The summed E-state index contributed by atoms with van der Waals surface area (Å²) in [5.74, 6) is -0.392. The van der Waals surface area contributed by atoms with Crippen molar-refractivity contribution in [1.82, 2.24) is 4.90 Å². The Hall–Kier alpha value is -1.10. The van der Waals surface area contributed by atoms with Crippen molar-refractivity contribution in [3.05, 3.63) is 0 Å². The van der Waals surface area contributed by atoms with Crippen molar-refractivity contribution in [3.8, 4) is 0 Å². The standard InChI is InChI=1S/C9H13NO4/c1-13-9(12)6-5-14-8-4-2-3-7(11)10(6)8/h6,8H,2-5H2,1H3/t6?,8-/m0/s1. The van der Waals surface area contributed by atoms with Crippen LogP contribution in [0, 0.1) is 0 Å². The third-order valence-electron chi connectivity index (χ3n) is 2.70. The Balaban J connectivity index is 2.14. The van der Waals surface area contributed by atoms with Gasteiger partial charge in [-0.1, -0.05) is 0 Å². The van der Waals surface area contributed by atoms with Crippen molar-refractivity contribution >= 4 is 11.9 Å². The van der Waals surface area contributed by atoms with E-state index < -0.39 is 6.04 Å².